The van der Waals surface area contributed by atoms with E-state index in [0.717, 1.165) is 6.07 Å². The van der Waals surface area contributed by atoms with Crippen LogP contribution in [0.15, 0.2) is 24.3 Å². The van der Waals surface area contributed by atoms with E-state index in [1.165, 1.54) is 30.0 Å². The van der Waals surface area contributed by atoms with Gasteiger partial charge in [0, 0.05) is 19.0 Å². The minimum atomic E-state index is -4.57. The van der Waals surface area contributed by atoms with Crippen molar-refractivity contribution in [3.63, 3.8) is 0 Å². The van der Waals surface area contributed by atoms with Crippen LogP contribution in [0, 0.1) is 22.7 Å². The van der Waals surface area contributed by atoms with Crippen molar-refractivity contribution in [2.75, 3.05) is 24.6 Å². The van der Waals surface area contributed by atoms with Gasteiger partial charge in [0.2, 0.25) is 5.91 Å². The highest BCUT2D eigenvalue weighted by atomic mass is 32.2. The molecular formula is C17H17F3N2O3S. The molecule has 0 bridgehead atoms. The summed E-state index contributed by atoms with van der Waals surface area (Å²) in [7, 11) is -3.33. The first kappa shape index (κ1) is 18.7. The summed E-state index contributed by atoms with van der Waals surface area (Å²) < 4.78 is 63.2. The Bertz CT molecular complexity index is 891. The van der Waals surface area contributed by atoms with Gasteiger partial charge < -0.3 is 4.90 Å². The van der Waals surface area contributed by atoms with Crippen LogP contribution >= 0.6 is 0 Å². The zero-order valence-electron chi connectivity index (χ0n) is 14.0. The van der Waals surface area contributed by atoms with Crippen molar-refractivity contribution in [2.45, 2.75) is 19.0 Å². The van der Waals surface area contributed by atoms with Crippen LogP contribution in [0.1, 0.15) is 24.0 Å². The Morgan fingerprint density at radius 3 is 2.62 bits per heavy atom. The molecule has 0 N–H and O–H groups in total. The van der Waals surface area contributed by atoms with Crippen LogP contribution in [0.2, 0.25) is 0 Å². The zero-order valence-corrected chi connectivity index (χ0v) is 14.8. The summed E-state index contributed by atoms with van der Waals surface area (Å²) in [6.45, 7) is 1.41. The Kier molecular flexibility index (Phi) is 4.30. The largest absolute Gasteiger partial charge is 0.416 e. The molecule has 1 amide bonds. The Balaban J connectivity index is 1.86. The van der Waals surface area contributed by atoms with Gasteiger partial charge in [-0.3, -0.25) is 4.79 Å². The number of likely N-dealkylation sites (tertiary alicyclic amines) is 1. The molecule has 0 radical (unpaired) electrons. The topological polar surface area (TPSA) is 78.2 Å². The zero-order chi connectivity index (χ0) is 19.3. The van der Waals surface area contributed by atoms with E-state index >= 15 is 0 Å². The minimum absolute atomic E-state index is 0.0647. The highest BCUT2D eigenvalue weighted by Gasteiger charge is 2.57. The molecule has 1 aromatic rings. The molecule has 2 aliphatic heterocycles. The van der Waals surface area contributed by atoms with E-state index in [2.05, 4.69) is 0 Å². The standard InChI is InChI=1S/C17H17F3N2O3S/c1-11(13-4-2-3-5-14(13)17(18,19)20)15(23)22-6-12-7-26(24,25)10-16(12,8-21)9-22/h2-5,11-12H,6-7,9-10H2,1H3/t11?,12-,16+/m1/s1. The minimum Gasteiger partial charge on any atom is -0.340 e. The molecule has 0 spiro atoms. The number of carbonyl (C=O) groups excluding carboxylic acids is 1. The third-order valence-electron chi connectivity index (χ3n) is 5.27. The van der Waals surface area contributed by atoms with Gasteiger partial charge in [-0.25, -0.2) is 8.42 Å². The van der Waals surface area contributed by atoms with Gasteiger partial charge in [0.1, 0.15) is 0 Å². The maximum Gasteiger partial charge on any atom is 0.416 e. The lowest BCUT2D eigenvalue weighted by molar-refractivity contribution is -0.139. The molecule has 140 valence electrons. The van der Waals surface area contributed by atoms with Crippen LogP contribution < -0.4 is 0 Å². The van der Waals surface area contributed by atoms with Gasteiger partial charge in [-0.15, -0.1) is 0 Å². The maximum absolute atomic E-state index is 13.2. The van der Waals surface area contributed by atoms with E-state index in [9.17, 15) is 31.6 Å². The van der Waals surface area contributed by atoms with Crippen LogP contribution in [0.5, 0.6) is 0 Å². The lowest BCUT2D eigenvalue weighted by Gasteiger charge is -2.24. The van der Waals surface area contributed by atoms with E-state index in [-0.39, 0.29) is 30.2 Å². The number of halogens is 3. The predicted molar refractivity (Wildman–Crippen MR) is 86.6 cm³/mol. The lowest BCUT2D eigenvalue weighted by Crippen LogP contribution is -2.36. The van der Waals surface area contributed by atoms with Gasteiger partial charge in [0.25, 0.3) is 0 Å². The molecule has 26 heavy (non-hydrogen) atoms. The van der Waals surface area contributed by atoms with Gasteiger partial charge in [-0.05, 0) is 18.6 Å². The van der Waals surface area contributed by atoms with Crippen molar-refractivity contribution in [2.24, 2.45) is 11.3 Å². The molecule has 3 rings (SSSR count). The average molecular weight is 386 g/mol. The summed E-state index contributed by atoms with van der Waals surface area (Å²) in [6.07, 6.45) is -4.57. The second-order valence-corrected chi connectivity index (χ2v) is 9.15. The molecule has 3 atom stereocenters. The Labute approximate surface area is 149 Å². The number of benzene rings is 1. The van der Waals surface area contributed by atoms with E-state index < -0.39 is 44.7 Å². The summed E-state index contributed by atoms with van der Waals surface area (Å²) in [6, 6.07) is 6.95. The number of hydrogen-bond acceptors (Lipinski definition) is 4. The first-order chi connectivity index (χ1) is 12.0. The predicted octanol–water partition coefficient (Wildman–Crippen LogP) is 2.21. The van der Waals surface area contributed by atoms with Gasteiger partial charge in [-0.1, -0.05) is 18.2 Å². The van der Waals surface area contributed by atoms with Crippen LogP contribution in [-0.4, -0.2) is 43.8 Å². The molecule has 5 nitrogen and oxygen atoms in total. The molecule has 2 fully saturated rings. The van der Waals surface area contributed by atoms with Gasteiger partial charge >= 0.3 is 6.18 Å². The molecule has 0 aliphatic carbocycles. The van der Waals surface area contributed by atoms with Crippen molar-refractivity contribution < 1.29 is 26.4 Å². The van der Waals surface area contributed by atoms with Crippen LogP contribution in [0.4, 0.5) is 13.2 Å². The Hall–Kier alpha value is -2.08. The number of nitrogens with zero attached hydrogens (tertiary/aromatic N) is 2. The number of fused-ring (bicyclic) bond motifs is 1. The normalized spacial score (nSPS) is 28.4. The summed E-state index contributed by atoms with van der Waals surface area (Å²) in [4.78, 5) is 14.1. The first-order valence-electron chi connectivity index (χ1n) is 8.06. The summed E-state index contributed by atoms with van der Waals surface area (Å²) in [5.41, 5.74) is -2.14. The van der Waals surface area contributed by atoms with Crippen molar-refractivity contribution in [3.8, 4) is 6.07 Å². The molecule has 2 saturated heterocycles. The second kappa shape index (κ2) is 5.98. The van der Waals surface area contributed by atoms with Crippen molar-refractivity contribution in [1.82, 2.24) is 4.90 Å². The number of carbonyl (C=O) groups is 1. The molecule has 0 saturated carbocycles. The quantitative estimate of drug-likeness (QED) is 0.781. The second-order valence-electron chi connectivity index (χ2n) is 7.04. The van der Waals surface area contributed by atoms with Crippen LogP contribution in [0.25, 0.3) is 0 Å². The number of hydrogen-bond donors (Lipinski definition) is 0. The molecule has 9 heteroatoms. The number of rotatable bonds is 2. The molecule has 1 unspecified atom stereocenters. The fourth-order valence-corrected chi connectivity index (χ4v) is 6.31. The highest BCUT2D eigenvalue weighted by Crippen LogP contribution is 2.44. The molecule has 2 heterocycles. The summed E-state index contributed by atoms with van der Waals surface area (Å²) in [5, 5.41) is 9.46. The highest BCUT2D eigenvalue weighted by molar-refractivity contribution is 7.91. The smallest absolute Gasteiger partial charge is 0.340 e. The number of amides is 1. The first-order valence-corrected chi connectivity index (χ1v) is 9.88. The third-order valence-corrected chi connectivity index (χ3v) is 7.13. The monoisotopic (exact) mass is 386 g/mol. The van der Waals surface area contributed by atoms with E-state index in [0.29, 0.717) is 0 Å². The van der Waals surface area contributed by atoms with Gasteiger partial charge in [-0.2, -0.15) is 18.4 Å². The van der Waals surface area contributed by atoms with E-state index in [1.54, 1.807) is 0 Å². The fourth-order valence-electron chi connectivity index (χ4n) is 3.98. The van der Waals surface area contributed by atoms with E-state index in [1.807, 2.05) is 6.07 Å². The lowest BCUT2D eigenvalue weighted by atomic mass is 9.83. The SMILES string of the molecule is CC(C(=O)N1C[C@@H]2CS(=O)(=O)C[C@]2(C#N)C1)c1ccccc1C(F)(F)F. The summed E-state index contributed by atoms with van der Waals surface area (Å²) in [5.74, 6) is -2.54. The van der Waals surface area contributed by atoms with Gasteiger partial charge in [0.05, 0.1) is 34.5 Å². The fraction of sp³-hybridized carbons (Fsp3) is 0.529. The van der Waals surface area contributed by atoms with Crippen molar-refractivity contribution >= 4 is 15.7 Å². The Morgan fingerprint density at radius 2 is 2.04 bits per heavy atom. The maximum atomic E-state index is 13.2. The van der Waals surface area contributed by atoms with Crippen LogP contribution in [0.3, 0.4) is 0 Å². The molecule has 1 aromatic carbocycles. The van der Waals surface area contributed by atoms with Crippen molar-refractivity contribution in [3.05, 3.63) is 35.4 Å². The third kappa shape index (κ3) is 3.07. The summed E-state index contributed by atoms with van der Waals surface area (Å²) >= 11 is 0. The molecule has 2 aliphatic rings. The van der Waals surface area contributed by atoms with Crippen molar-refractivity contribution in [1.29, 1.82) is 5.26 Å². The average Bonchev–Trinajstić information content (AvgIpc) is 3.01. The number of nitriles is 1. The van der Waals surface area contributed by atoms with E-state index in [4.69, 9.17) is 0 Å². The molecular weight excluding hydrogens is 369 g/mol. The number of sulfone groups is 1. The Morgan fingerprint density at radius 1 is 1.38 bits per heavy atom. The van der Waals surface area contributed by atoms with Gasteiger partial charge in [0.15, 0.2) is 9.84 Å². The molecule has 0 aromatic heterocycles. The van der Waals surface area contributed by atoms with Crippen LogP contribution in [-0.2, 0) is 20.8 Å². The number of alkyl halides is 3.